The minimum atomic E-state index is -4.84. The van der Waals surface area contributed by atoms with Gasteiger partial charge >= 0.3 is 6.36 Å². The third kappa shape index (κ3) is 6.70. The Morgan fingerprint density at radius 1 is 1.00 bits per heavy atom. The molecule has 2 N–H and O–H groups in total. The second-order valence-electron chi connectivity index (χ2n) is 8.18. The van der Waals surface area contributed by atoms with Gasteiger partial charge in [-0.2, -0.15) is 4.98 Å². The minimum Gasteiger partial charge on any atom is -0.496 e. The van der Waals surface area contributed by atoms with E-state index < -0.39 is 22.6 Å². The lowest BCUT2D eigenvalue weighted by Gasteiger charge is -2.21. The molecule has 3 rings (SSSR count). The van der Waals surface area contributed by atoms with Gasteiger partial charge in [-0.05, 0) is 45.0 Å². The van der Waals surface area contributed by atoms with Crippen molar-refractivity contribution in [2.24, 2.45) is 0 Å². The molecular formula is C22H22F3N5O4. The number of hydrogen-bond acceptors (Lipinski definition) is 8. The van der Waals surface area contributed by atoms with Crippen LogP contribution in [0.25, 0.3) is 11.3 Å². The summed E-state index contributed by atoms with van der Waals surface area (Å²) in [7, 11) is 1.39. The number of halogens is 3. The van der Waals surface area contributed by atoms with E-state index in [1.807, 2.05) is 20.8 Å². The molecule has 0 unspecified atom stereocenters. The molecule has 2 aromatic carbocycles. The summed E-state index contributed by atoms with van der Waals surface area (Å²) >= 11 is 0. The zero-order valence-corrected chi connectivity index (χ0v) is 18.7. The molecule has 0 aliphatic heterocycles. The van der Waals surface area contributed by atoms with Crippen LogP contribution in [0, 0.1) is 10.1 Å². The maximum absolute atomic E-state index is 12.7. The van der Waals surface area contributed by atoms with Crippen molar-refractivity contribution in [2.45, 2.75) is 32.7 Å². The van der Waals surface area contributed by atoms with E-state index in [0.29, 0.717) is 11.3 Å². The standard InChI is InChI=1S/C22H22F3N5O4/c1-21(2,3)29-20-27-17(13-6-5-7-15(10-13)34-22(23,24)25)12-19(28-20)26-16-9-8-14(33-4)11-18(16)30(31)32/h5-12H,1-4H3,(H2,26,27,28,29). The van der Waals surface area contributed by atoms with Crippen LogP contribution in [0.1, 0.15) is 20.8 Å². The summed E-state index contributed by atoms with van der Waals surface area (Å²) in [6.45, 7) is 5.63. The van der Waals surface area contributed by atoms with Crippen molar-refractivity contribution in [3.05, 3.63) is 58.6 Å². The van der Waals surface area contributed by atoms with Gasteiger partial charge in [-0.3, -0.25) is 10.1 Å². The van der Waals surface area contributed by atoms with Gasteiger partial charge in [0.2, 0.25) is 5.95 Å². The Morgan fingerprint density at radius 2 is 1.74 bits per heavy atom. The van der Waals surface area contributed by atoms with Crippen LogP contribution in [0.5, 0.6) is 11.5 Å². The molecular weight excluding hydrogens is 455 g/mol. The van der Waals surface area contributed by atoms with Crippen LogP contribution in [-0.4, -0.2) is 33.9 Å². The highest BCUT2D eigenvalue weighted by Crippen LogP contribution is 2.33. The van der Waals surface area contributed by atoms with Crippen molar-refractivity contribution in [1.82, 2.24) is 9.97 Å². The summed E-state index contributed by atoms with van der Waals surface area (Å²) < 4.78 is 47.0. The van der Waals surface area contributed by atoms with E-state index in [1.54, 1.807) is 12.1 Å². The fourth-order valence-electron chi connectivity index (χ4n) is 2.94. The number of ether oxygens (including phenoxy) is 2. The van der Waals surface area contributed by atoms with Crippen LogP contribution >= 0.6 is 0 Å². The van der Waals surface area contributed by atoms with Crippen molar-refractivity contribution >= 4 is 23.1 Å². The van der Waals surface area contributed by atoms with Gasteiger partial charge in [0.15, 0.2) is 0 Å². The summed E-state index contributed by atoms with van der Waals surface area (Å²) in [4.78, 5) is 19.7. The Bertz CT molecular complexity index is 1200. The zero-order valence-electron chi connectivity index (χ0n) is 18.7. The van der Waals surface area contributed by atoms with Crippen LogP contribution in [-0.2, 0) is 0 Å². The normalized spacial score (nSPS) is 11.6. The lowest BCUT2D eigenvalue weighted by atomic mass is 10.1. The smallest absolute Gasteiger partial charge is 0.496 e. The number of aromatic nitrogens is 2. The van der Waals surface area contributed by atoms with E-state index >= 15 is 0 Å². The first-order valence-electron chi connectivity index (χ1n) is 9.96. The summed E-state index contributed by atoms with van der Waals surface area (Å²) in [5, 5.41) is 17.5. The molecule has 3 aromatic rings. The fourth-order valence-corrected chi connectivity index (χ4v) is 2.94. The van der Waals surface area contributed by atoms with Crippen LogP contribution < -0.4 is 20.1 Å². The van der Waals surface area contributed by atoms with Gasteiger partial charge in [0.25, 0.3) is 5.69 Å². The zero-order chi connectivity index (χ0) is 25.1. The molecule has 12 heteroatoms. The quantitative estimate of drug-likeness (QED) is 0.319. The Labute approximate surface area is 193 Å². The van der Waals surface area contributed by atoms with Crippen LogP contribution in [0.3, 0.4) is 0 Å². The number of nitro groups is 1. The van der Waals surface area contributed by atoms with Gasteiger partial charge in [-0.1, -0.05) is 12.1 Å². The Morgan fingerprint density at radius 3 is 2.35 bits per heavy atom. The number of nitrogens with one attached hydrogen (secondary N) is 2. The van der Waals surface area contributed by atoms with E-state index in [1.165, 1.54) is 43.5 Å². The summed E-state index contributed by atoms with van der Waals surface area (Å²) in [6, 6.07) is 11.1. The van der Waals surface area contributed by atoms with Crippen LogP contribution in [0.2, 0.25) is 0 Å². The van der Waals surface area contributed by atoms with Gasteiger partial charge in [0, 0.05) is 17.2 Å². The van der Waals surface area contributed by atoms with Crippen molar-refractivity contribution < 1.29 is 27.6 Å². The van der Waals surface area contributed by atoms with E-state index in [4.69, 9.17) is 4.74 Å². The number of methoxy groups -OCH3 is 1. The first-order chi connectivity index (χ1) is 15.8. The van der Waals surface area contributed by atoms with Crippen molar-refractivity contribution in [3.63, 3.8) is 0 Å². The highest BCUT2D eigenvalue weighted by molar-refractivity contribution is 5.73. The molecule has 1 aromatic heterocycles. The molecule has 0 bridgehead atoms. The third-order valence-electron chi connectivity index (χ3n) is 4.24. The Balaban J connectivity index is 2.06. The molecule has 9 nitrogen and oxygen atoms in total. The fraction of sp³-hybridized carbons (Fsp3) is 0.273. The molecule has 0 amide bonds. The molecule has 0 aliphatic carbocycles. The van der Waals surface area contributed by atoms with Crippen molar-refractivity contribution in [1.29, 1.82) is 0 Å². The minimum absolute atomic E-state index is 0.145. The number of nitrogens with zero attached hydrogens (tertiary/aromatic N) is 3. The molecule has 0 spiro atoms. The van der Waals surface area contributed by atoms with Crippen molar-refractivity contribution in [3.8, 4) is 22.8 Å². The molecule has 1 heterocycles. The summed E-state index contributed by atoms with van der Waals surface area (Å²) in [5.41, 5.74) is 0.0571. The summed E-state index contributed by atoms with van der Waals surface area (Å²) in [6.07, 6.45) is -4.84. The lowest BCUT2D eigenvalue weighted by molar-refractivity contribution is -0.384. The molecule has 0 atom stereocenters. The molecule has 180 valence electrons. The molecule has 0 aliphatic rings. The van der Waals surface area contributed by atoms with Gasteiger partial charge in [-0.15, -0.1) is 13.2 Å². The van der Waals surface area contributed by atoms with E-state index in [9.17, 15) is 23.3 Å². The van der Waals surface area contributed by atoms with Crippen molar-refractivity contribution in [2.75, 3.05) is 17.7 Å². The maximum Gasteiger partial charge on any atom is 0.573 e. The number of nitro benzene ring substituents is 1. The van der Waals surface area contributed by atoms with Gasteiger partial charge in [0.1, 0.15) is 23.0 Å². The number of alkyl halides is 3. The Hall–Kier alpha value is -4.09. The maximum atomic E-state index is 12.7. The molecule has 0 radical (unpaired) electrons. The van der Waals surface area contributed by atoms with E-state index in [0.717, 1.165) is 0 Å². The second-order valence-corrected chi connectivity index (χ2v) is 8.18. The van der Waals surface area contributed by atoms with Gasteiger partial charge in [0.05, 0.1) is 23.8 Å². The van der Waals surface area contributed by atoms with E-state index in [2.05, 4.69) is 25.3 Å². The average molecular weight is 477 g/mol. The average Bonchev–Trinajstić information content (AvgIpc) is 2.71. The largest absolute Gasteiger partial charge is 0.573 e. The molecule has 0 saturated carbocycles. The van der Waals surface area contributed by atoms with Crippen LogP contribution in [0.15, 0.2) is 48.5 Å². The summed E-state index contributed by atoms with van der Waals surface area (Å²) in [5.74, 6) is 0.254. The first kappa shape index (κ1) is 24.6. The number of hydrogen-bond donors (Lipinski definition) is 2. The number of anilines is 3. The molecule has 0 saturated heterocycles. The predicted octanol–water partition coefficient (Wildman–Crippen LogP) is 5.91. The second kappa shape index (κ2) is 9.41. The first-order valence-corrected chi connectivity index (χ1v) is 9.96. The van der Waals surface area contributed by atoms with Gasteiger partial charge in [-0.25, -0.2) is 4.98 Å². The monoisotopic (exact) mass is 477 g/mol. The molecule has 34 heavy (non-hydrogen) atoms. The van der Waals surface area contributed by atoms with Crippen LogP contribution in [0.4, 0.5) is 36.3 Å². The van der Waals surface area contributed by atoms with Gasteiger partial charge < -0.3 is 20.1 Å². The molecule has 0 fully saturated rings. The number of benzene rings is 2. The highest BCUT2D eigenvalue weighted by atomic mass is 19.4. The topological polar surface area (TPSA) is 111 Å². The Kier molecular flexibility index (Phi) is 6.80. The predicted molar refractivity (Wildman–Crippen MR) is 120 cm³/mol. The van der Waals surface area contributed by atoms with E-state index in [-0.39, 0.29) is 28.8 Å². The number of rotatable bonds is 7. The SMILES string of the molecule is COc1ccc(Nc2cc(-c3cccc(OC(F)(F)F)c3)nc(NC(C)(C)C)n2)c([N+](=O)[O-])c1. The third-order valence-corrected chi connectivity index (χ3v) is 4.24. The highest BCUT2D eigenvalue weighted by Gasteiger charge is 2.31. The lowest BCUT2D eigenvalue weighted by Crippen LogP contribution is -2.27.